The van der Waals surface area contributed by atoms with Crippen molar-refractivity contribution in [2.75, 3.05) is 0 Å². The van der Waals surface area contributed by atoms with E-state index in [1.54, 1.807) is 11.8 Å². The van der Waals surface area contributed by atoms with Crippen LogP contribution >= 0.6 is 11.8 Å². The molecule has 0 heterocycles. The lowest BCUT2D eigenvalue weighted by molar-refractivity contribution is 0.626. The molecule has 2 rings (SSSR count). The van der Waals surface area contributed by atoms with E-state index < -0.39 is 0 Å². The van der Waals surface area contributed by atoms with Crippen LogP contribution in [0.5, 0.6) is 0 Å². The molecule has 16 heavy (non-hydrogen) atoms. The van der Waals surface area contributed by atoms with Gasteiger partial charge in [0, 0.05) is 10.6 Å². The highest BCUT2D eigenvalue weighted by Crippen LogP contribution is 2.23. The van der Waals surface area contributed by atoms with E-state index in [0.717, 1.165) is 10.6 Å². The minimum absolute atomic E-state index is 0.181. The van der Waals surface area contributed by atoms with Crippen LogP contribution in [0.2, 0.25) is 0 Å². The molecule has 2 heteroatoms. The maximum absolute atomic E-state index is 12.7. The molecule has 0 radical (unpaired) electrons. The van der Waals surface area contributed by atoms with Crippen LogP contribution < -0.4 is 0 Å². The lowest BCUT2D eigenvalue weighted by Gasteiger charge is -2.03. The lowest BCUT2D eigenvalue weighted by atomic mass is 10.2. The highest BCUT2D eigenvalue weighted by molar-refractivity contribution is 7.98. The van der Waals surface area contributed by atoms with E-state index in [-0.39, 0.29) is 5.82 Å². The van der Waals surface area contributed by atoms with Gasteiger partial charge in [0.25, 0.3) is 0 Å². The third kappa shape index (κ3) is 3.11. The van der Waals surface area contributed by atoms with Gasteiger partial charge in [0.15, 0.2) is 0 Å². The van der Waals surface area contributed by atoms with E-state index in [1.807, 2.05) is 12.1 Å². The molecule has 0 aliphatic rings. The van der Waals surface area contributed by atoms with Crippen molar-refractivity contribution in [2.24, 2.45) is 0 Å². The Morgan fingerprint density at radius 3 is 2.50 bits per heavy atom. The fraction of sp³-hybridized carbons (Fsp3) is 0.143. The van der Waals surface area contributed by atoms with Crippen LogP contribution in [0.25, 0.3) is 0 Å². The first-order valence-electron chi connectivity index (χ1n) is 5.18. The van der Waals surface area contributed by atoms with Crippen molar-refractivity contribution in [3.05, 3.63) is 65.5 Å². The van der Waals surface area contributed by atoms with Crippen LogP contribution in [-0.2, 0) is 5.75 Å². The van der Waals surface area contributed by atoms with Crippen LogP contribution in [0.3, 0.4) is 0 Å². The normalized spacial score (nSPS) is 10.4. The van der Waals surface area contributed by atoms with Crippen LogP contribution in [0.1, 0.15) is 11.1 Å². The van der Waals surface area contributed by atoms with Gasteiger partial charge in [-0.2, -0.15) is 0 Å². The number of hydrogen-bond donors (Lipinski definition) is 0. The molecule has 0 nitrogen and oxygen atoms in total. The minimum Gasteiger partial charge on any atom is -0.207 e. The Hall–Kier alpha value is -1.28. The summed E-state index contributed by atoms with van der Waals surface area (Å²) in [6, 6.07) is 15.1. The molecule has 0 amide bonds. The average molecular weight is 232 g/mol. The number of thioether (sulfide) groups is 1. The van der Waals surface area contributed by atoms with Gasteiger partial charge in [0.2, 0.25) is 0 Å². The van der Waals surface area contributed by atoms with Gasteiger partial charge in [0.1, 0.15) is 5.82 Å². The van der Waals surface area contributed by atoms with Crippen LogP contribution in [0, 0.1) is 12.7 Å². The molecule has 0 aromatic heterocycles. The highest BCUT2D eigenvalue weighted by Gasteiger charge is 1.97. The number of aryl methyl sites for hydroxylation is 1. The van der Waals surface area contributed by atoms with E-state index >= 15 is 0 Å². The molecule has 2 aromatic carbocycles. The van der Waals surface area contributed by atoms with E-state index in [9.17, 15) is 4.39 Å². The van der Waals surface area contributed by atoms with Gasteiger partial charge in [0.05, 0.1) is 0 Å². The summed E-state index contributed by atoms with van der Waals surface area (Å²) in [6.07, 6.45) is 0. The SMILES string of the molecule is Cc1cccc(CSc2ccc(F)cc2)c1. The Morgan fingerprint density at radius 2 is 1.81 bits per heavy atom. The molecule has 0 unspecified atom stereocenters. The quantitative estimate of drug-likeness (QED) is 0.706. The maximum atomic E-state index is 12.7. The molecular formula is C14H13FS. The van der Waals surface area contributed by atoms with Crippen molar-refractivity contribution in [2.45, 2.75) is 17.6 Å². The molecule has 0 bridgehead atoms. The summed E-state index contributed by atoms with van der Waals surface area (Å²) < 4.78 is 12.7. The fourth-order valence-electron chi connectivity index (χ4n) is 1.50. The Bertz CT molecular complexity index is 462. The summed E-state index contributed by atoms with van der Waals surface area (Å²) in [5.41, 5.74) is 2.58. The fourth-order valence-corrected chi connectivity index (χ4v) is 2.34. The molecule has 0 aliphatic carbocycles. The first kappa shape index (κ1) is 11.2. The zero-order chi connectivity index (χ0) is 11.4. The summed E-state index contributed by atoms with van der Waals surface area (Å²) in [5, 5.41) is 0. The predicted molar refractivity (Wildman–Crippen MR) is 67.1 cm³/mol. The van der Waals surface area contributed by atoms with Crippen LogP contribution in [0.15, 0.2) is 53.4 Å². The van der Waals surface area contributed by atoms with E-state index in [4.69, 9.17) is 0 Å². The minimum atomic E-state index is -0.181. The predicted octanol–water partition coefficient (Wildman–Crippen LogP) is 4.43. The lowest BCUT2D eigenvalue weighted by Crippen LogP contribution is -1.82. The van der Waals surface area contributed by atoms with Gasteiger partial charge in [-0.15, -0.1) is 11.8 Å². The average Bonchev–Trinajstić information content (AvgIpc) is 2.28. The zero-order valence-corrected chi connectivity index (χ0v) is 9.93. The molecule has 0 N–H and O–H groups in total. The second-order valence-corrected chi connectivity index (χ2v) is 4.78. The van der Waals surface area contributed by atoms with Gasteiger partial charge >= 0.3 is 0 Å². The number of halogens is 1. The largest absolute Gasteiger partial charge is 0.207 e. The molecule has 0 saturated carbocycles. The van der Waals surface area contributed by atoms with Gasteiger partial charge in [-0.3, -0.25) is 0 Å². The Labute approximate surface area is 99.5 Å². The van der Waals surface area contributed by atoms with Gasteiger partial charge < -0.3 is 0 Å². The second kappa shape index (κ2) is 5.17. The van der Waals surface area contributed by atoms with Gasteiger partial charge in [-0.05, 0) is 36.8 Å². The molecule has 82 valence electrons. The zero-order valence-electron chi connectivity index (χ0n) is 9.11. The standard InChI is InChI=1S/C14H13FS/c1-11-3-2-4-12(9-11)10-16-14-7-5-13(15)6-8-14/h2-9H,10H2,1H3. The Morgan fingerprint density at radius 1 is 1.06 bits per heavy atom. The number of benzene rings is 2. The molecule has 0 spiro atoms. The molecule has 0 aliphatic heterocycles. The number of hydrogen-bond acceptors (Lipinski definition) is 1. The molecule has 0 saturated heterocycles. The van der Waals surface area contributed by atoms with Crippen LogP contribution in [0.4, 0.5) is 4.39 Å². The summed E-state index contributed by atoms with van der Waals surface area (Å²) in [4.78, 5) is 1.10. The molecule has 2 aromatic rings. The first-order valence-corrected chi connectivity index (χ1v) is 6.16. The molecular weight excluding hydrogens is 219 g/mol. The van der Waals surface area contributed by atoms with Crippen molar-refractivity contribution in [1.82, 2.24) is 0 Å². The third-order valence-electron chi connectivity index (χ3n) is 2.30. The topological polar surface area (TPSA) is 0 Å². The monoisotopic (exact) mass is 232 g/mol. The second-order valence-electron chi connectivity index (χ2n) is 3.73. The van der Waals surface area contributed by atoms with Crippen molar-refractivity contribution < 1.29 is 4.39 Å². The summed E-state index contributed by atoms with van der Waals surface area (Å²) in [7, 11) is 0. The van der Waals surface area contributed by atoms with Gasteiger partial charge in [-0.25, -0.2) is 4.39 Å². The van der Waals surface area contributed by atoms with Gasteiger partial charge in [-0.1, -0.05) is 29.8 Å². The summed E-state index contributed by atoms with van der Waals surface area (Å²) >= 11 is 1.72. The van der Waals surface area contributed by atoms with Crippen molar-refractivity contribution >= 4 is 11.8 Å². The highest BCUT2D eigenvalue weighted by atomic mass is 32.2. The van der Waals surface area contributed by atoms with Crippen LogP contribution in [-0.4, -0.2) is 0 Å². The van der Waals surface area contributed by atoms with Crippen molar-refractivity contribution in [1.29, 1.82) is 0 Å². The molecule has 0 fully saturated rings. The summed E-state index contributed by atoms with van der Waals surface area (Å²) in [6.45, 7) is 2.09. The third-order valence-corrected chi connectivity index (χ3v) is 3.38. The first-order chi connectivity index (χ1) is 7.74. The van der Waals surface area contributed by atoms with E-state index in [1.165, 1.54) is 23.3 Å². The Balaban J connectivity index is 1.99. The number of rotatable bonds is 3. The Kier molecular flexibility index (Phi) is 3.62. The molecule has 0 atom stereocenters. The smallest absolute Gasteiger partial charge is 0.123 e. The van der Waals surface area contributed by atoms with E-state index in [0.29, 0.717) is 0 Å². The van der Waals surface area contributed by atoms with Crippen molar-refractivity contribution in [3.8, 4) is 0 Å². The van der Waals surface area contributed by atoms with E-state index in [2.05, 4.69) is 31.2 Å². The summed E-state index contributed by atoms with van der Waals surface area (Å²) in [5.74, 6) is 0.743. The maximum Gasteiger partial charge on any atom is 0.123 e. The van der Waals surface area contributed by atoms with Crippen molar-refractivity contribution in [3.63, 3.8) is 0 Å².